The van der Waals surface area contributed by atoms with Crippen LogP contribution in [0.4, 0.5) is 25.4 Å². The molecule has 2 fully saturated rings. The fourth-order valence-corrected chi connectivity index (χ4v) is 3.43. The summed E-state index contributed by atoms with van der Waals surface area (Å²) in [5.41, 5.74) is 5.46. The number of nitrogens with two attached hydrogens (primary N) is 1. The molecule has 10 nitrogen and oxygen atoms in total. The summed E-state index contributed by atoms with van der Waals surface area (Å²) in [6.07, 6.45) is 4.89. The van der Waals surface area contributed by atoms with Gasteiger partial charge in [0.2, 0.25) is 0 Å². The number of primary amides is 1. The normalized spacial score (nSPS) is 17.6. The molecule has 0 unspecified atom stereocenters. The Balaban J connectivity index is 0.000000222. The molecule has 2 heterocycles. The zero-order valence-electron chi connectivity index (χ0n) is 17.1. The monoisotopic (exact) mass is 466 g/mol. The minimum atomic E-state index is -0.656. The lowest BCUT2D eigenvalue weighted by atomic mass is 9.93. The molecule has 0 radical (unpaired) electrons. The van der Waals surface area contributed by atoms with Gasteiger partial charge in [-0.1, -0.05) is 11.6 Å². The van der Waals surface area contributed by atoms with Crippen LogP contribution in [-0.2, 0) is 4.74 Å². The quantitative estimate of drug-likeness (QED) is 0.545. The number of H-pyrrole nitrogens is 1. The Hall–Kier alpha value is -3.34. The predicted molar refractivity (Wildman–Crippen MR) is 117 cm³/mol. The number of halogens is 2. The number of rotatable bonds is 4. The Morgan fingerprint density at radius 2 is 1.97 bits per heavy atom. The summed E-state index contributed by atoms with van der Waals surface area (Å²) in [6.45, 7) is 1.19. The maximum atomic E-state index is 12.3. The van der Waals surface area contributed by atoms with Gasteiger partial charge in [0.1, 0.15) is 16.9 Å². The van der Waals surface area contributed by atoms with Crippen LogP contribution >= 0.6 is 11.6 Å². The second-order valence-electron chi connectivity index (χ2n) is 7.43. The zero-order valence-corrected chi connectivity index (χ0v) is 17.9. The Labute approximate surface area is 188 Å². The first-order valence-corrected chi connectivity index (χ1v) is 10.5. The molecule has 1 saturated carbocycles. The third kappa shape index (κ3) is 6.58. The molecule has 2 aromatic rings. The largest absolute Gasteiger partial charge is 0.444 e. The molecule has 2 aliphatic rings. The number of urea groups is 1. The minimum absolute atomic E-state index is 0.115. The number of anilines is 2. The highest BCUT2D eigenvalue weighted by molar-refractivity contribution is 6.33. The van der Waals surface area contributed by atoms with E-state index in [1.54, 1.807) is 0 Å². The Morgan fingerprint density at radius 3 is 2.59 bits per heavy atom. The molecule has 1 aromatic carbocycles. The third-order valence-electron chi connectivity index (χ3n) is 5.08. The first kappa shape index (κ1) is 23.3. The van der Waals surface area contributed by atoms with Crippen molar-refractivity contribution in [2.45, 2.75) is 37.8 Å². The molecular formula is C20H24ClFN6O4. The predicted octanol–water partition coefficient (Wildman–Crippen LogP) is 2.60. The van der Waals surface area contributed by atoms with E-state index in [0.29, 0.717) is 30.9 Å². The number of hydrogen-bond acceptors (Lipinski definition) is 6. The molecule has 1 aliphatic carbocycles. The van der Waals surface area contributed by atoms with Gasteiger partial charge in [-0.05, 0) is 43.5 Å². The van der Waals surface area contributed by atoms with Crippen molar-refractivity contribution >= 4 is 35.1 Å². The lowest BCUT2D eigenvalue weighted by molar-refractivity contribution is 0.101. The molecule has 1 saturated heterocycles. The van der Waals surface area contributed by atoms with Gasteiger partial charge in [-0.2, -0.15) is 5.10 Å². The molecule has 1 aromatic heterocycles. The van der Waals surface area contributed by atoms with E-state index >= 15 is 0 Å². The summed E-state index contributed by atoms with van der Waals surface area (Å²) >= 11 is 5.98. The summed E-state index contributed by atoms with van der Waals surface area (Å²) in [4.78, 5) is 35.3. The fourth-order valence-electron chi connectivity index (χ4n) is 3.22. The van der Waals surface area contributed by atoms with E-state index in [9.17, 15) is 18.8 Å². The highest BCUT2D eigenvalue weighted by atomic mass is 35.5. The SMILES string of the molecule is NC(=O)Nc1ccc(F)cc1.O=C(NC1CCC1)O[C@@H]1CCN(c2cn[nH]c(=O)c2Cl)C1. The second-order valence-corrected chi connectivity index (χ2v) is 7.81. The number of carbonyl (C=O) groups excluding carboxylic acids is 2. The van der Waals surface area contributed by atoms with Crippen molar-refractivity contribution < 1.29 is 18.7 Å². The Bertz CT molecular complexity index is 998. The van der Waals surface area contributed by atoms with Gasteiger partial charge in [0.15, 0.2) is 0 Å². The average molecular weight is 467 g/mol. The summed E-state index contributed by atoms with van der Waals surface area (Å²) in [5, 5.41) is 11.3. The van der Waals surface area contributed by atoms with Gasteiger partial charge in [-0.25, -0.2) is 19.1 Å². The van der Waals surface area contributed by atoms with Crippen LogP contribution in [0.1, 0.15) is 25.7 Å². The van der Waals surface area contributed by atoms with Gasteiger partial charge in [-0.3, -0.25) is 4.79 Å². The van der Waals surface area contributed by atoms with Crippen molar-refractivity contribution in [1.82, 2.24) is 15.5 Å². The van der Waals surface area contributed by atoms with E-state index in [4.69, 9.17) is 22.1 Å². The second kappa shape index (κ2) is 10.8. The number of aromatic nitrogens is 2. The summed E-state index contributed by atoms with van der Waals surface area (Å²) in [7, 11) is 0. The van der Waals surface area contributed by atoms with Crippen LogP contribution in [0.25, 0.3) is 0 Å². The van der Waals surface area contributed by atoms with E-state index in [-0.39, 0.29) is 29.1 Å². The van der Waals surface area contributed by atoms with Crippen molar-refractivity contribution in [3.63, 3.8) is 0 Å². The first-order valence-electron chi connectivity index (χ1n) is 10.1. The van der Waals surface area contributed by atoms with Gasteiger partial charge in [0.25, 0.3) is 5.56 Å². The third-order valence-corrected chi connectivity index (χ3v) is 5.44. The van der Waals surface area contributed by atoms with Gasteiger partial charge in [0.05, 0.1) is 18.4 Å². The van der Waals surface area contributed by atoms with Gasteiger partial charge < -0.3 is 26.0 Å². The molecule has 32 heavy (non-hydrogen) atoms. The summed E-state index contributed by atoms with van der Waals surface area (Å²) in [6, 6.07) is 4.95. The maximum Gasteiger partial charge on any atom is 0.407 e. The highest BCUT2D eigenvalue weighted by Crippen LogP contribution is 2.26. The topological polar surface area (TPSA) is 142 Å². The van der Waals surface area contributed by atoms with Crippen molar-refractivity contribution in [1.29, 1.82) is 0 Å². The van der Waals surface area contributed by atoms with Crippen LogP contribution in [0.15, 0.2) is 35.3 Å². The van der Waals surface area contributed by atoms with Crippen molar-refractivity contribution in [2.24, 2.45) is 5.73 Å². The average Bonchev–Trinajstić information content (AvgIpc) is 3.17. The number of hydrogen-bond donors (Lipinski definition) is 4. The molecular weight excluding hydrogens is 443 g/mol. The van der Waals surface area contributed by atoms with Crippen LogP contribution in [0.3, 0.4) is 0 Å². The van der Waals surface area contributed by atoms with Gasteiger partial charge in [-0.15, -0.1) is 0 Å². The summed E-state index contributed by atoms with van der Waals surface area (Å²) in [5.74, 6) is -0.347. The lowest BCUT2D eigenvalue weighted by Gasteiger charge is -2.26. The van der Waals surface area contributed by atoms with Crippen molar-refractivity contribution in [3.05, 3.63) is 51.7 Å². The van der Waals surface area contributed by atoms with Crippen LogP contribution < -0.4 is 26.8 Å². The number of nitrogens with zero attached hydrogens (tertiary/aromatic N) is 2. The fraction of sp³-hybridized carbons (Fsp3) is 0.400. The maximum absolute atomic E-state index is 12.3. The number of ether oxygens (including phenoxy) is 1. The van der Waals surface area contributed by atoms with Crippen molar-refractivity contribution in [2.75, 3.05) is 23.3 Å². The zero-order chi connectivity index (χ0) is 23.1. The number of alkyl carbamates (subject to hydrolysis) is 1. The van der Waals surface area contributed by atoms with Crippen LogP contribution in [0.5, 0.6) is 0 Å². The number of nitrogens with one attached hydrogen (secondary N) is 3. The number of amides is 3. The lowest BCUT2D eigenvalue weighted by Crippen LogP contribution is -2.41. The molecule has 0 bridgehead atoms. The Morgan fingerprint density at radius 1 is 1.25 bits per heavy atom. The molecule has 1 aliphatic heterocycles. The number of carbonyl (C=O) groups is 2. The molecule has 3 amide bonds. The highest BCUT2D eigenvalue weighted by Gasteiger charge is 2.29. The van der Waals surface area contributed by atoms with Gasteiger partial charge >= 0.3 is 12.1 Å². The smallest absolute Gasteiger partial charge is 0.407 e. The van der Waals surface area contributed by atoms with Crippen LogP contribution in [0.2, 0.25) is 5.02 Å². The summed E-state index contributed by atoms with van der Waals surface area (Å²) < 4.78 is 17.7. The van der Waals surface area contributed by atoms with E-state index in [1.807, 2.05) is 4.90 Å². The molecule has 12 heteroatoms. The van der Waals surface area contributed by atoms with E-state index in [1.165, 1.54) is 30.5 Å². The standard InChI is InChI=1S/C13H17ClN4O3.C7H7FN2O/c14-11-10(6-15-17-12(11)19)18-5-4-9(7-18)21-13(20)16-8-2-1-3-8;8-5-1-3-6(4-2-5)10-7(9)11/h6,8-9H,1-5,7H2,(H,16,20)(H,17,19);1-4H,(H3,9,10,11)/t9-;/m1./s1. The van der Waals surface area contributed by atoms with Crippen LogP contribution in [-0.4, -0.2) is 47.6 Å². The van der Waals surface area contributed by atoms with E-state index < -0.39 is 11.6 Å². The van der Waals surface area contributed by atoms with Crippen molar-refractivity contribution in [3.8, 4) is 0 Å². The minimum Gasteiger partial charge on any atom is -0.444 e. The molecule has 172 valence electrons. The molecule has 0 spiro atoms. The van der Waals surface area contributed by atoms with Crippen LogP contribution in [0, 0.1) is 5.82 Å². The molecule has 1 atom stereocenters. The molecule has 5 N–H and O–H groups in total. The van der Waals surface area contributed by atoms with E-state index in [2.05, 4.69) is 20.8 Å². The van der Waals surface area contributed by atoms with Gasteiger partial charge in [0, 0.05) is 24.7 Å². The Kier molecular flexibility index (Phi) is 7.87. The first-order chi connectivity index (χ1) is 15.3. The number of aromatic amines is 1. The molecule has 4 rings (SSSR count). The number of benzene rings is 1. The van der Waals surface area contributed by atoms with E-state index in [0.717, 1.165) is 19.3 Å².